The summed E-state index contributed by atoms with van der Waals surface area (Å²) >= 11 is 0. The van der Waals surface area contributed by atoms with E-state index in [9.17, 15) is 24.8 Å². The highest BCUT2D eigenvalue weighted by molar-refractivity contribution is 6.39. The van der Waals surface area contributed by atoms with Gasteiger partial charge in [0.25, 0.3) is 5.69 Å². The fraction of sp³-hybridized carbons (Fsp3) is 0.222. The normalized spacial score (nSPS) is 13.2. The first-order valence-corrected chi connectivity index (χ1v) is 8.21. The van der Waals surface area contributed by atoms with Crippen molar-refractivity contribution in [2.45, 2.75) is 12.5 Å². The molecule has 9 heteroatoms. The van der Waals surface area contributed by atoms with Crippen LogP contribution in [0.25, 0.3) is 0 Å². The second-order valence-electron chi connectivity index (χ2n) is 5.95. The number of nitrogens with one attached hydrogen (secondary N) is 2. The molecule has 1 atom stereocenters. The van der Waals surface area contributed by atoms with E-state index >= 15 is 0 Å². The summed E-state index contributed by atoms with van der Waals surface area (Å²) in [7, 11) is 0. The van der Waals surface area contributed by atoms with Gasteiger partial charge in [0.05, 0.1) is 17.6 Å². The van der Waals surface area contributed by atoms with E-state index in [2.05, 4.69) is 10.6 Å². The summed E-state index contributed by atoms with van der Waals surface area (Å²) in [6.45, 7) is 0.473. The highest BCUT2D eigenvalue weighted by atomic mass is 16.6. The molecule has 2 aromatic carbocycles. The molecule has 1 aliphatic rings. The van der Waals surface area contributed by atoms with Gasteiger partial charge in [-0.05, 0) is 35.4 Å². The molecule has 3 rings (SSSR count). The molecule has 27 heavy (non-hydrogen) atoms. The maximum Gasteiger partial charge on any atom is 0.313 e. The second-order valence-corrected chi connectivity index (χ2v) is 5.95. The molecule has 2 amide bonds. The summed E-state index contributed by atoms with van der Waals surface area (Å²) in [6.07, 6.45) is -0.202. The van der Waals surface area contributed by atoms with Crippen LogP contribution in [-0.4, -0.2) is 35.0 Å². The first-order chi connectivity index (χ1) is 12.9. The second kappa shape index (κ2) is 7.83. The van der Waals surface area contributed by atoms with Crippen molar-refractivity contribution in [2.75, 3.05) is 18.5 Å². The molecule has 0 spiro atoms. The number of hydrogen-bond acceptors (Lipinski definition) is 6. The summed E-state index contributed by atoms with van der Waals surface area (Å²) in [5.41, 5.74) is 1.74. The van der Waals surface area contributed by atoms with Crippen LogP contribution in [0, 0.1) is 10.1 Å². The Morgan fingerprint density at radius 3 is 2.63 bits per heavy atom. The number of amides is 2. The number of nitro benzene ring substituents is 1. The maximum atomic E-state index is 11.9. The molecule has 0 radical (unpaired) electrons. The Morgan fingerprint density at radius 1 is 1.19 bits per heavy atom. The average molecular weight is 371 g/mol. The minimum absolute atomic E-state index is 0.125. The molecule has 1 unspecified atom stereocenters. The third-order valence-corrected chi connectivity index (χ3v) is 4.10. The van der Waals surface area contributed by atoms with Gasteiger partial charge in [-0.2, -0.15) is 0 Å². The molecule has 0 saturated heterocycles. The number of nitro groups is 1. The third-order valence-electron chi connectivity index (χ3n) is 4.10. The predicted molar refractivity (Wildman–Crippen MR) is 95.3 cm³/mol. The van der Waals surface area contributed by atoms with Crippen LogP contribution in [0.3, 0.4) is 0 Å². The molecular weight excluding hydrogens is 354 g/mol. The number of non-ortho nitro benzene ring substituents is 1. The van der Waals surface area contributed by atoms with Crippen molar-refractivity contribution < 1.29 is 24.4 Å². The van der Waals surface area contributed by atoms with Crippen molar-refractivity contribution in [3.63, 3.8) is 0 Å². The van der Waals surface area contributed by atoms with Crippen LogP contribution in [0.5, 0.6) is 5.75 Å². The number of aliphatic hydroxyl groups is 1. The molecule has 0 aromatic heterocycles. The molecule has 0 saturated carbocycles. The zero-order valence-electron chi connectivity index (χ0n) is 14.2. The Morgan fingerprint density at radius 2 is 1.93 bits per heavy atom. The maximum absolute atomic E-state index is 11.9. The monoisotopic (exact) mass is 371 g/mol. The minimum atomic E-state index is -0.966. The molecule has 3 N–H and O–H groups in total. The summed E-state index contributed by atoms with van der Waals surface area (Å²) in [5, 5.41) is 25.5. The molecule has 1 heterocycles. The number of fused-ring (bicyclic) bond motifs is 1. The Labute approximate surface area is 154 Å². The quantitative estimate of drug-likeness (QED) is 0.413. The van der Waals surface area contributed by atoms with Gasteiger partial charge in [0.2, 0.25) is 0 Å². The molecule has 140 valence electrons. The van der Waals surface area contributed by atoms with Gasteiger partial charge in [-0.1, -0.05) is 6.07 Å². The molecule has 0 bridgehead atoms. The zero-order chi connectivity index (χ0) is 19.4. The smallest absolute Gasteiger partial charge is 0.313 e. The van der Waals surface area contributed by atoms with Gasteiger partial charge < -0.3 is 20.5 Å². The van der Waals surface area contributed by atoms with E-state index < -0.39 is 22.8 Å². The van der Waals surface area contributed by atoms with E-state index in [0.29, 0.717) is 12.2 Å². The van der Waals surface area contributed by atoms with Crippen molar-refractivity contribution >= 4 is 23.2 Å². The van der Waals surface area contributed by atoms with Crippen LogP contribution < -0.4 is 15.4 Å². The van der Waals surface area contributed by atoms with Crippen molar-refractivity contribution in [3.05, 3.63) is 63.7 Å². The molecule has 0 aliphatic carbocycles. The summed E-state index contributed by atoms with van der Waals surface area (Å²) in [4.78, 5) is 33.8. The van der Waals surface area contributed by atoms with Gasteiger partial charge in [-0.15, -0.1) is 0 Å². The van der Waals surface area contributed by atoms with Gasteiger partial charge in [0, 0.05) is 30.8 Å². The van der Waals surface area contributed by atoms with Gasteiger partial charge in [-0.3, -0.25) is 19.7 Å². The van der Waals surface area contributed by atoms with Crippen LogP contribution in [0.2, 0.25) is 0 Å². The minimum Gasteiger partial charge on any atom is -0.493 e. The zero-order valence-corrected chi connectivity index (χ0v) is 14.2. The van der Waals surface area contributed by atoms with Crippen LogP contribution in [0.1, 0.15) is 17.2 Å². The first-order valence-electron chi connectivity index (χ1n) is 8.21. The Hall–Kier alpha value is -3.46. The first kappa shape index (κ1) is 18.3. The van der Waals surface area contributed by atoms with Crippen molar-refractivity contribution in [3.8, 4) is 5.75 Å². The lowest BCUT2D eigenvalue weighted by molar-refractivity contribution is -0.384. The van der Waals surface area contributed by atoms with E-state index in [1.165, 1.54) is 24.3 Å². The number of carbonyl (C=O) groups excluding carboxylic acids is 2. The van der Waals surface area contributed by atoms with Crippen molar-refractivity contribution in [1.29, 1.82) is 0 Å². The van der Waals surface area contributed by atoms with E-state index in [0.717, 1.165) is 17.7 Å². The predicted octanol–water partition coefficient (Wildman–Crippen LogP) is 1.32. The van der Waals surface area contributed by atoms with Crippen LogP contribution in [-0.2, 0) is 16.0 Å². The number of rotatable bonds is 5. The molecular formula is C18H17N3O6. The summed E-state index contributed by atoms with van der Waals surface area (Å²) in [6, 6.07) is 10.4. The lowest BCUT2D eigenvalue weighted by Crippen LogP contribution is -2.37. The van der Waals surface area contributed by atoms with Gasteiger partial charge in [0.15, 0.2) is 0 Å². The van der Waals surface area contributed by atoms with Gasteiger partial charge >= 0.3 is 11.8 Å². The van der Waals surface area contributed by atoms with E-state index in [4.69, 9.17) is 4.74 Å². The van der Waals surface area contributed by atoms with E-state index in [-0.39, 0.29) is 17.9 Å². The SMILES string of the molecule is O=C(NCC(O)c1ccc2c(c1)CCO2)C(=O)Nc1ccc([N+](=O)[O-])cc1. The van der Waals surface area contributed by atoms with E-state index in [1.807, 2.05) is 6.07 Å². The topological polar surface area (TPSA) is 131 Å². The van der Waals surface area contributed by atoms with Crippen molar-refractivity contribution in [2.24, 2.45) is 0 Å². The highest BCUT2D eigenvalue weighted by Crippen LogP contribution is 2.28. The fourth-order valence-electron chi connectivity index (χ4n) is 2.66. The number of aliphatic hydroxyl groups excluding tert-OH is 1. The molecule has 1 aliphatic heterocycles. The lowest BCUT2D eigenvalue weighted by Gasteiger charge is -2.13. The number of carbonyl (C=O) groups is 2. The Bertz CT molecular complexity index is 881. The van der Waals surface area contributed by atoms with Gasteiger partial charge in [-0.25, -0.2) is 0 Å². The number of hydrogen-bond donors (Lipinski definition) is 3. The summed E-state index contributed by atoms with van der Waals surface area (Å²) < 4.78 is 5.40. The van der Waals surface area contributed by atoms with Crippen molar-refractivity contribution in [1.82, 2.24) is 5.32 Å². The average Bonchev–Trinajstić information content (AvgIpc) is 3.13. The molecule has 2 aromatic rings. The molecule has 0 fully saturated rings. The number of ether oxygens (including phenoxy) is 1. The van der Waals surface area contributed by atoms with Crippen LogP contribution >= 0.6 is 0 Å². The largest absolute Gasteiger partial charge is 0.493 e. The number of nitrogens with zero attached hydrogens (tertiary/aromatic N) is 1. The highest BCUT2D eigenvalue weighted by Gasteiger charge is 2.18. The van der Waals surface area contributed by atoms with E-state index in [1.54, 1.807) is 12.1 Å². The number of anilines is 1. The van der Waals surface area contributed by atoms with Gasteiger partial charge in [0.1, 0.15) is 5.75 Å². The van der Waals surface area contributed by atoms with Crippen LogP contribution in [0.15, 0.2) is 42.5 Å². The fourth-order valence-corrected chi connectivity index (χ4v) is 2.66. The number of benzene rings is 2. The standard InChI is InChI=1S/C18H17N3O6/c22-15(11-1-6-16-12(9-11)7-8-27-16)10-19-17(23)18(24)20-13-2-4-14(5-3-13)21(25)26/h1-6,9,15,22H,7-8,10H2,(H,19,23)(H,20,24). The third kappa shape index (κ3) is 4.39. The Kier molecular flexibility index (Phi) is 5.32. The summed E-state index contributed by atoms with van der Waals surface area (Å²) in [5.74, 6) is -1.06. The molecule has 9 nitrogen and oxygen atoms in total. The lowest BCUT2D eigenvalue weighted by atomic mass is 10.0. The Balaban J connectivity index is 1.52. The van der Waals surface area contributed by atoms with Crippen LogP contribution in [0.4, 0.5) is 11.4 Å².